The second-order valence-corrected chi connectivity index (χ2v) is 12.4. The molecule has 4 aromatic carbocycles. The highest BCUT2D eigenvalue weighted by molar-refractivity contribution is 7.80. The number of thiocarbonyl (C=S) groups is 2. The Morgan fingerprint density at radius 1 is 0.388 bits per heavy atom. The average Bonchev–Trinajstić information content (AvgIpc) is 3.12. The van der Waals surface area contributed by atoms with Crippen LogP contribution in [-0.4, -0.2) is 62.6 Å². The summed E-state index contributed by atoms with van der Waals surface area (Å²) in [5.41, 5.74) is 5.14. The number of halogens is 2. The summed E-state index contributed by atoms with van der Waals surface area (Å²) in [6.45, 7) is 7.15. The van der Waals surface area contributed by atoms with Crippen molar-refractivity contribution >= 4 is 59.5 Å². The molecule has 0 aliphatic carbocycles. The fourth-order valence-corrected chi connectivity index (χ4v) is 5.90. The molecule has 0 aromatic heterocycles. The molecule has 0 fully saturated rings. The Kier molecular flexibility index (Phi) is 22.0. The number of hydrogen-bond acceptors (Lipinski definition) is 4. The first-order chi connectivity index (χ1) is 23.2. The lowest BCUT2D eigenvalue weighted by atomic mass is 9.91. The minimum absolute atomic E-state index is 0. The third-order valence-electron chi connectivity index (χ3n) is 8.08. The van der Waals surface area contributed by atoms with Crippen molar-refractivity contribution in [3.8, 4) is 0 Å². The molecular weight excluding hydrogens is 688 g/mol. The van der Waals surface area contributed by atoms with E-state index in [0.717, 1.165) is 71.6 Å². The van der Waals surface area contributed by atoms with Crippen LogP contribution in [0.1, 0.15) is 53.4 Å². The third kappa shape index (κ3) is 16.3. The molecule has 264 valence electrons. The zero-order valence-corrected chi connectivity index (χ0v) is 31.4. The van der Waals surface area contributed by atoms with Crippen molar-refractivity contribution in [2.24, 2.45) is 0 Å². The fourth-order valence-electron chi connectivity index (χ4n) is 5.53. The molecule has 6 nitrogen and oxygen atoms in total. The Labute approximate surface area is 316 Å². The van der Waals surface area contributed by atoms with Gasteiger partial charge in [-0.25, -0.2) is 0 Å². The lowest BCUT2D eigenvalue weighted by molar-refractivity contribution is 0.571. The molecule has 0 atom stereocenters. The topological polar surface area (TPSA) is 72.2 Å². The predicted octanol–water partition coefficient (Wildman–Crippen LogP) is 6.77. The smallest absolute Gasteiger partial charge is 0.166 e. The monoisotopic (exact) mass is 738 g/mol. The summed E-state index contributed by atoms with van der Waals surface area (Å²) in [4.78, 5) is 0. The summed E-state index contributed by atoms with van der Waals surface area (Å²) in [5, 5.41) is 22.0. The standard InChI is InChI=1S/C39H50N6S2.2ClH/c46-38(44-30-36(32-16-5-1-6-17-32)33-18-7-2-8-19-33)42-28-14-26-40-24-13-25-41-27-15-29-43-39(47)45-31-37(34-20-9-3-10-21-34)35-22-11-4-12-23-35;;/h1-12,16-23,36-37,40-41H,13-15,24-31H2,(H2,42,44,46)(H2,43,45,47);2*1H. The van der Waals surface area contributed by atoms with Gasteiger partial charge in [0, 0.05) is 38.0 Å². The molecule has 6 N–H and O–H groups in total. The van der Waals surface area contributed by atoms with Crippen LogP contribution in [0.25, 0.3) is 0 Å². The van der Waals surface area contributed by atoms with Crippen molar-refractivity contribution < 1.29 is 0 Å². The Morgan fingerprint density at radius 2 is 0.653 bits per heavy atom. The van der Waals surface area contributed by atoms with Gasteiger partial charge in [-0.15, -0.1) is 24.8 Å². The van der Waals surface area contributed by atoms with Gasteiger partial charge in [-0.1, -0.05) is 121 Å². The molecule has 4 rings (SSSR count). The van der Waals surface area contributed by atoms with E-state index in [-0.39, 0.29) is 36.6 Å². The van der Waals surface area contributed by atoms with Crippen LogP contribution in [0.5, 0.6) is 0 Å². The normalized spacial score (nSPS) is 10.5. The van der Waals surface area contributed by atoms with Crippen LogP contribution in [0.2, 0.25) is 0 Å². The molecular formula is C39H52Cl2N6S2. The van der Waals surface area contributed by atoms with Crippen LogP contribution in [0.15, 0.2) is 121 Å². The summed E-state index contributed by atoms with van der Waals surface area (Å²) in [7, 11) is 0. The lowest BCUT2D eigenvalue weighted by Crippen LogP contribution is -2.39. The minimum Gasteiger partial charge on any atom is -0.363 e. The molecule has 0 unspecified atom stereocenters. The molecule has 4 aromatic rings. The van der Waals surface area contributed by atoms with Crippen molar-refractivity contribution in [1.29, 1.82) is 0 Å². The van der Waals surface area contributed by atoms with E-state index in [9.17, 15) is 0 Å². The molecule has 0 saturated heterocycles. The number of rotatable bonds is 20. The summed E-state index contributed by atoms with van der Waals surface area (Å²) in [5.74, 6) is 0.503. The van der Waals surface area contributed by atoms with E-state index in [4.69, 9.17) is 24.4 Å². The molecule has 0 aliphatic rings. The first-order valence-electron chi connectivity index (χ1n) is 16.9. The SMILES string of the molecule is Cl.Cl.S=C(NCCCNCCCNCCCNC(=S)NCC(c1ccccc1)c1ccccc1)NCC(c1ccccc1)c1ccccc1. The highest BCUT2D eigenvalue weighted by atomic mass is 35.5. The number of benzene rings is 4. The van der Waals surface area contributed by atoms with Gasteiger partial charge in [-0.3, -0.25) is 0 Å². The van der Waals surface area contributed by atoms with E-state index in [1.54, 1.807) is 0 Å². The van der Waals surface area contributed by atoms with Gasteiger partial charge in [0.05, 0.1) is 0 Å². The van der Waals surface area contributed by atoms with Crippen molar-refractivity contribution in [2.45, 2.75) is 31.1 Å². The van der Waals surface area contributed by atoms with Crippen molar-refractivity contribution in [3.05, 3.63) is 144 Å². The second kappa shape index (κ2) is 25.7. The molecule has 0 amide bonds. The lowest BCUT2D eigenvalue weighted by Gasteiger charge is -2.20. The quantitative estimate of drug-likeness (QED) is 0.0439. The molecule has 0 saturated carbocycles. The van der Waals surface area contributed by atoms with Gasteiger partial charge in [0.1, 0.15) is 0 Å². The van der Waals surface area contributed by atoms with Gasteiger partial charge < -0.3 is 31.9 Å². The van der Waals surface area contributed by atoms with Crippen molar-refractivity contribution in [2.75, 3.05) is 52.4 Å². The van der Waals surface area contributed by atoms with Gasteiger partial charge >= 0.3 is 0 Å². The highest BCUT2D eigenvalue weighted by Crippen LogP contribution is 2.24. The fraction of sp³-hybridized carbons (Fsp3) is 0.333. The van der Waals surface area contributed by atoms with Crippen LogP contribution in [0.3, 0.4) is 0 Å². The molecule has 0 heterocycles. The molecule has 0 bridgehead atoms. The summed E-state index contributed by atoms with van der Waals surface area (Å²) >= 11 is 11.1. The maximum atomic E-state index is 5.56. The van der Waals surface area contributed by atoms with E-state index in [2.05, 4.69) is 153 Å². The zero-order chi connectivity index (χ0) is 32.8. The van der Waals surface area contributed by atoms with E-state index in [1.807, 2.05) is 0 Å². The third-order valence-corrected chi connectivity index (χ3v) is 8.66. The van der Waals surface area contributed by atoms with Crippen molar-refractivity contribution in [1.82, 2.24) is 31.9 Å². The predicted molar refractivity (Wildman–Crippen MR) is 221 cm³/mol. The Balaban J connectivity index is 0.00000417. The maximum absolute atomic E-state index is 5.56. The molecule has 0 spiro atoms. The van der Waals surface area contributed by atoms with E-state index < -0.39 is 0 Å². The second-order valence-electron chi connectivity index (χ2n) is 11.6. The summed E-state index contributed by atoms with van der Waals surface area (Å²) < 4.78 is 0. The molecule has 10 heteroatoms. The first-order valence-corrected chi connectivity index (χ1v) is 17.7. The van der Waals surface area contributed by atoms with Crippen LogP contribution in [0, 0.1) is 0 Å². The molecule has 0 radical (unpaired) electrons. The van der Waals surface area contributed by atoms with E-state index in [0.29, 0.717) is 10.2 Å². The Morgan fingerprint density at radius 3 is 0.939 bits per heavy atom. The minimum atomic E-state index is 0. The summed E-state index contributed by atoms with van der Waals surface area (Å²) in [6.07, 6.45) is 3.14. The average molecular weight is 740 g/mol. The van der Waals surface area contributed by atoms with Gasteiger partial charge in [0.25, 0.3) is 0 Å². The van der Waals surface area contributed by atoms with Gasteiger partial charge in [-0.05, 0) is 92.1 Å². The first kappa shape index (κ1) is 41.9. The van der Waals surface area contributed by atoms with Gasteiger partial charge in [0.2, 0.25) is 0 Å². The molecule has 0 aliphatic heterocycles. The van der Waals surface area contributed by atoms with Crippen LogP contribution in [0.4, 0.5) is 0 Å². The summed E-state index contributed by atoms with van der Waals surface area (Å²) in [6, 6.07) is 42.4. The maximum Gasteiger partial charge on any atom is 0.166 e. The number of hydrogen-bond donors (Lipinski definition) is 6. The highest BCUT2D eigenvalue weighted by Gasteiger charge is 2.15. The van der Waals surface area contributed by atoms with Gasteiger partial charge in [0.15, 0.2) is 10.2 Å². The Hall–Kier alpha value is -3.24. The van der Waals surface area contributed by atoms with Gasteiger partial charge in [-0.2, -0.15) is 0 Å². The number of nitrogens with one attached hydrogen (secondary N) is 6. The van der Waals surface area contributed by atoms with Crippen LogP contribution < -0.4 is 31.9 Å². The zero-order valence-electron chi connectivity index (χ0n) is 28.1. The van der Waals surface area contributed by atoms with Crippen LogP contribution >= 0.6 is 49.2 Å². The molecule has 49 heavy (non-hydrogen) atoms. The Bertz CT molecular complexity index is 1230. The van der Waals surface area contributed by atoms with Crippen molar-refractivity contribution in [3.63, 3.8) is 0 Å². The van der Waals surface area contributed by atoms with Crippen LogP contribution in [-0.2, 0) is 0 Å². The van der Waals surface area contributed by atoms with E-state index in [1.165, 1.54) is 22.3 Å². The largest absolute Gasteiger partial charge is 0.363 e. The van der Waals surface area contributed by atoms with E-state index >= 15 is 0 Å².